The molecule has 182 valence electrons. The number of nitrogens with one attached hydrogen (secondary N) is 1. The molecular formula is C21H20Cl2N8O4. The first-order chi connectivity index (χ1) is 16.9. The molecule has 1 atom stereocenters. The van der Waals surface area contributed by atoms with Gasteiger partial charge in [0.2, 0.25) is 5.58 Å². The van der Waals surface area contributed by atoms with Crippen LogP contribution in [-0.2, 0) is 6.54 Å². The second-order valence-corrected chi connectivity index (χ2v) is 8.82. The summed E-state index contributed by atoms with van der Waals surface area (Å²) in [4.78, 5) is 31.6. The molecule has 35 heavy (non-hydrogen) atoms. The molecule has 12 nitrogen and oxygen atoms in total. The van der Waals surface area contributed by atoms with Crippen LogP contribution in [0.2, 0.25) is 10.0 Å². The number of fused-ring (bicyclic) bond motifs is 1. The maximum atomic E-state index is 12.9. The number of carbonyl (C=O) groups is 1. The van der Waals surface area contributed by atoms with Gasteiger partial charge in [0.1, 0.15) is 6.33 Å². The summed E-state index contributed by atoms with van der Waals surface area (Å²) < 4.78 is 7.76. The number of nitrogens with zero attached hydrogens (tertiary/aromatic N) is 6. The Labute approximate surface area is 207 Å². The summed E-state index contributed by atoms with van der Waals surface area (Å²) in [6.45, 7) is 0.994. The summed E-state index contributed by atoms with van der Waals surface area (Å²) in [5, 5.41) is 20.8. The average molecular weight is 519 g/mol. The number of aromatic nitrogens is 5. The molecule has 5 rings (SSSR count). The van der Waals surface area contributed by atoms with Gasteiger partial charge in [-0.15, -0.1) is 0 Å². The predicted molar refractivity (Wildman–Crippen MR) is 129 cm³/mol. The van der Waals surface area contributed by atoms with Crippen LogP contribution >= 0.6 is 23.2 Å². The van der Waals surface area contributed by atoms with E-state index in [1.165, 1.54) is 23.2 Å². The molecule has 0 aliphatic carbocycles. The molecule has 1 aliphatic heterocycles. The zero-order chi connectivity index (χ0) is 24.7. The third-order valence-electron chi connectivity index (χ3n) is 5.80. The third kappa shape index (κ3) is 4.20. The van der Waals surface area contributed by atoms with Crippen LogP contribution in [0.25, 0.3) is 16.7 Å². The number of anilines is 2. The minimum Gasteiger partial charge on any atom is -0.394 e. The fourth-order valence-corrected chi connectivity index (χ4v) is 4.58. The van der Waals surface area contributed by atoms with Crippen LogP contribution in [0.5, 0.6) is 0 Å². The summed E-state index contributed by atoms with van der Waals surface area (Å²) >= 11 is 12.6. The lowest BCUT2D eigenvalue weighted by Crippen LogP contribution is -2.37. The number of hydrogen-bond donors (Lipinski definition) is 3. The lowest BCUT2D eigenvalue weighted by molar-refractivity contribution is 0.0940. The minimum atomic E-state index is -0.420. The number of benzene rings is 1. The highest BCUT2D eigenvalue weighted by Gasteiger charge is 2.29. The van der Waals surface area contributed by atoms with Gasteiger partial charge < -0.3 is 25.6 Å². The van der Waals surface area contributed by atoms with Crippen LogP contribution in [-0.4, -0.2) is 61.2 Å². The smallest absolute Gasteiger partial charge is 0.350 e. The van der Waals surface area contributed by atoms with Gasteiger partial charge in [-0.1, -0.05) is 28.4 Å². The van der Waals surface area contributed by atoms with Gasteiger partial charge >= 0.3 is 5.69 Å². The number of amides is 1. The standard InChI is InChI=1S/C21H20Cl2N8O4/c22-14-7-12(30-10-26-31(5-6-32)21(30)34)1-2-13(14)20(33)27-11-3-4-29(9-11)19-17-16(15(23)8-25-19)18(24)28-35-17/h1-2,7-8,10-11,32H,3-6,9H2,(H2,24,28)(H,27,33). The molecule has 0 radical (unpaired) electrons. The van der Waals surface area contributed by atoms with Crippen molar-refractivity contribution in [3.05, 3.63) is 56.8 Å². The Morgan fingerprint density at radius 3 is 2.91 bits per heavy atom. The van der Waals surface area contributed by atoms with Gasteiger partial charge in [0.05, 0.1) is 39.8 Å². The molecule has 4 aromatic rings. The number of nitrogen functional groups attached to an aromatic ring is 1. The van der Waals surface area contributed by atoms with E-state index in [0.29, 0.717) is 47.0 Å². The van der Waals surface area contributed by atoms with E-state index in [-0.39, 0.29) is 41.5 Å². The van der Waals surface area contributed by atoms with Gasteiger partial charge in [0.25, 0.3) is 5.91 Å². The van der Waals surface area contributed by atoms with Crippen LogP contribution in [0.4, 0.5) is 11.6 Å². The number of rotatable bonds is 6. The second-order valence-electron chi connectivity index (χ2n) is 8.00. The average Bonchev–Trinajstić information content (AvgIpc) is 3.54. The Balaban J connectivity index is 1.29. The van der Waals surface area contributed by atoms with Gasteiger partial charge in [0, 0.05) is 25.3 Å². The first-order valence-electron chi connectivity index (χ1n) is 10.7. The quantitative estimate of drug-likeness (QED) is 0.343. The van der Waals surface area contributed by atoms with E-state index in [9.17, 15) is 9.59 Å². The molecule has 0 bridgehead atoms. The highest BCUT2D eigenvalue weighted by atomic mass is 35.5. The van der Waals surface area contributed by atoms with Crippen LogP contribution in [0.15, 0.2) is 40.0 Å². The van der Waals surface area contributed by atoms with Gasteiger partial charge in [0.15, 0.2) is 11.6 Å². The Kier molecular flexibility index (Phi) is 6.09. The highest BCUT2D eigenvalue weighted by Crippen LogP contribution is 2.35. The van der Waals surface area contributed by atoms with Gasteiger partial charge in [-0.25, -0.2) is 19.0 Å². The van der Waals surface area contributed by atoms with E-state index in [2.05, 4.69) is 20.6 Å². The lowest BCUT2D eigenvalue weighted by Gasteiger charge is -2.18. The van der Waals surface area contributed by atoms with Crippen molar-refractivity contribution in [2.75, 3.05) is 30.3 Å². The largest absolute Gasteiger partial charge is 0.394 e. The number of hydrogen-bond acceptors (Lipinski definition) is 9. The predicted octanol–water partition coefficient (Wildman–Crippen LogP) is 1.46. The van der Waals surface area contributed by atoms with Crippen molar-refractivity contribution in [3.63, 3.8) is 0 Å². The van der Waals surface area contributed by atoms with Crippen molar-refractivity contribution in [3.8, 4) is 5.69 Å². The van der Waals surface area contributed by atoms with Crippen LogP contribution in [0.1, 0.15) is 16.8 Å². The minimum absolute atomic E-state index is 0.0827. The molecule has 1 fully saturated rings. The molecular weight excluding hydrogens is 499 g/mol. The summed E-state index contributed by atoms with van der Waals surface area (Å²) in [5.41, 5.74) is 6.56. The SMILES string of the molecule is Nc1noc2c(N3CCC(NC(=O)c4ccc(-n5cnn(CCO)c5=O)cc4Cl)C3)ncc(Cl)c12. The first-order valence-corrected chi connectivity index (χ1v) is 11.4. The molecule has 4 N–H and O–H groups in total. The number of aliphatic hydroxyl groups excluding tert-OH is 1. The molecule has 1 saturated heterocycles. The molecule has 0 saturated carbocycles. The third-order valence-corrected chi connectivity index (χ3v) is 6.40. The zero-order valence-electron chi connectivity index (χ0n) is 18.2. The molecule has 0 spiro atoms. The van der Waals surface area contributed by atoms with Gasteiger partial charge in [-0.2, -0.15) is 5.10 Å². The maximum absolute atomic E-state index is 12.9. The fourth-order valence-electron chi connectivity index (χ4n) is 4.09. The van der Waals surface area contributed by atoms with E-state index in [4.69, 9.17) is 38.6 Å². The Bertz CT molecular complexity index is 1480. The maximum Gasteiger partial charge on any atom is 0.350 e. The van der Waals surface area contributed by atoms with Crippen molar-refractivity contribution in [1.29, 1.82) is 0 Å². The second kappa shape index (κ2) is 9.21. The molecule has 4 heterocycles. The van der Waals surface area contributed by atoms with Crippen molar-refractivity contribution >= 4 is 51.7 Å². The van der Waals surface area contributed by atoms with Crippen LogP contribution in [0.3, 0.4) is 0 Å². The lowest BCUT2D eigenvalue weighted by atomic mass is 10.1. The van der Waals surface area contributed by atoms with E-state index in [1.54, 1.807) is 12.1 Å². The monoisotopic (exact) mass is 518 g/mol. The van der Waals surface area contributed by atoms with Crippen molar-refractivity contribution in [2.45, 2.75) is 19.0 Å². The van der Waals surface area contributed by atoms with Gasteiger partial charge in [-0.3, -0.25) is 4.79 Å². The van der Waals surface area contributed by atoms with E-state index >= 15 is 0 Å². The number of nitrogens with two attached hydrogens (primary N) is 1. The number of carbonyl (C=O) groups excluding carboxylic acids is 1. The summed E-state index contributed by atoms with van der Waals surface area (Å²) in [7, 11) is 0. The zero-order valence-corrected chi connectivity index (χ0v) is 19.7. The summed E-state index contributed by atoms with van der Waals surface area (Å²) in [6.07, 6.45) is 3.51. The molecule has 14 heteroatoms. The van der Waals surface area contributed by atoms with Crippen molar-refractivity contribution < 1.29 is 14.4 Å². The van der Waals surface area contributed by atoms with Crippen molar-refractivity contribution in [1.82, 2.24) is 29.8 Å². The first kappa shape index (κ1) is 23.1. The number of halogens is 2. The topological polar surface area (TPSA) is 157 Å². The Morgan fingerprint density at radius 2 is 2.14 bits per heavy atom. The molecule has 1 unspecified atom stereocenters. The fraction of sp³-hybridized carbons (Fsp3) is 0.286. The number of aliphatic hydroxyl groups is 1. The van der Waals surface area contributed by atoms with Crippen LogP contribution < -0.4 is 21.6 Å². The molecule has 1 aromatic carbocycles. The molecule has 1 aliphatic rings. The Hall–Kier alpha value is -3.61. The molecule has 3 aromatic heterocycles. The number of pyridine rings is 1. The summed E-state index contributed by atoms with van der Waals surface area (Å²) in [6, 6.07) is 4.52. The molecule has 1 amide bonds. The van der Waals surface area contributed by atoms with Gasteiger partial charge in [-0.05, 0) is 24.6 Å². The van der Waals surface area contributed by atoms with E-state index in [0.717, 1.165) is 4.68 Å². The van der Waals surface area contributed by atoms with E-state index in [1.807, 2.05) is 4.90 Å². The summed E-state index contributed by atoms with van der Waals surface area (Å²) in [5.74, 6) is 0.411. The highest BCUT2D eigenvalue weighted by molar-refractivity contribution is 6.36. The van der Waals surface area contributed by atoms with Crippen molar-refractivity contribution in [2.24, 2.45) is 0 Å². The normalized spacial score (nSPS) is 15.7. The van der Waals surface area contributed by atoms with Crippen LogP contribution in [0, 0.1) is 0 Å². The van der Waals surface area contributed by atoms with E-state index < -0.39 is 5.69 Å². The Morgan fingerprint density at radius 1 is 1.31 bits per heavy atom.